The van der Waals surface area contributed by atoms with Crippen LogP contribution in [0.2, 0.25) is 0 Å². The van der Waals surface area contributed by atoms with Crippen LogP contribution in [0.1, 0.15) is 52.0 Å². The fourth-order valence-electron chi connectivity index (χ4n) is 2.89. The first-order valence-corrected chi connectivity index (χ1v) is 9.03. The van der Waals surface area contributed by atoms with Gasteiger partial charge in [-0.05, 0) is 61.8 Å². The SMILES string of the molecule is CCCNCc1ccc(SC2CCC(C)C(C)C2)cc1. The Balaban J connectivity index is 1.81. The molecule has 0 bridgehead atoms. The molecule has 0 heterocycles. The molecule has 1 aliphatic rings. The Morgan fingerprint density at radius 2 is 1.85 bits per heavy atom. The van der Waals surface area contributed by atoms with E-state index < -0.39 is 0 Å². The summed E-state index contributed by atoms with van der Waals surface area (Å²) < 4.78 is 0. The van der Waals surface area contributed by atoms with Gasteiger partial charge in [-0.3, -0.25) is 0 Å². The molecular formula is C18H29NS. The number of rotatable bonds is 6. The average molecular weight is 292 g/mol. The number of hydrogen-bond donors (Lipinski definition) is 1. The van der Waals surface area contributed by atoms with E-state index >= 15 is 0 Å². The van der Waals surface area contributed by atoms with Crippen molar-refractivity contribution in [2.45, 2.75) is 63.1 Å². The molecule has 2 rings (SSSR count). The van der Waals surface area contributed by atoms with Gasteiger partial charge in [-0.2, -0.15) is 0 Å². The standard InChI is InChI=1S/C18H29NS/c1-4-11-19-13-16-6-9-17(10-7-16)20-18-8-5-14(2)15(3)12-18/h6-7,9-10,14-15,18-19H,4-5,8,11-13H2,1-3H3. The van der Waals surface area contributed by atoms with Crippen molar-refractivity contribution < 1.29 is 0 Å². The summed E-state index contributed by atoms with van der Waals surface area (Å²) in [7, 11) is 0. The van der Waals surface area contributed by atoms with E-state index in [1.165, 1.54) is 36.1 Å². The lowest BCUT2D eigenvalue weighted by atomic mass is 9.81. The van der Waals surface area contributed by atoms with Crippen molar-refractivity contribution in [1.82, 2.24) is 5.32 Å². The van der Waals surface area contributed by atoms with Crippen molar-refractivity contribution in [3.63, 3.8) is 0 Å². The van der Waals surface area contributed by atoms with Gasteiger partial charge in [-0.15, -0.1) is 11.8 Å². The van der Waals surface area contributed by atoms with Crippen molar-refractivity contribution in [1.29, 1.82) is 0 Å². The molecule has 2 heteroatoms. The Hall–Kier alpha value is -0.470. The van der Waals surface area contributed by atoms with E-state index in [2.05, 4.69) is 62.1 Å². The van der Waals surface area contributed by atoms with E-state index in [-0.39, 0.29) is 0 Å². The maximum atomic E-state index is 3.46. The van der Waals surface area contributed by atoms with Crippen LogP contribution in [0.3, 0.4) is 0 Å². The molecule has 3 atom stereocenters. The van der Waals surface area contributed by atoms with Crippen LogP contribution in [0.15, 0.2) is 29.2 Å². The molecule has 0 aliphatic heterocycles. The third kappa shape index (κ3) is 4.82. The summed E-state index contributed by atoms with van der Waals surface area (Å²) in [6, 6.07) is 9.16. The minimum absolute atomic E-state index is 0.824. The zero-order chi connectivity index (χ0) is 14.4. The summed E-state index contributed by atoms with van der Waals surface area (Å²) in [6.07, 6.45) is 5.37. The highest BCUT2D eigenvalue weighted by Gasteiger charge is 2.24. The summed E-state index contributed by atoms with van der Waals surface area (Å²) in [5, 5.41) is 4.28. The second-order valence-corrected chi connectivity index (χ2v) is 7.70. The van der Waals surface area contributed by atoms with Gasteiger partial charge in [0.05, 0.1) is 0 Å². The summed E-state index contributed by atoms with van der Waals surface area (Å²) in [4.78, 5) is 1.44. The molecule has 3 unspecified atom stereocenters. The normalized spacial score (nSPS) is 26.6. The largest absolute Gasteiger partial charge is 0.313 e. The quantitative estimate of drug-likeness (QED) is 0.732. The molecule has 0 saturated heterocycles. The van der Waals surface area contributed by atoms with Crippen molar-refractivity contribution in [3.8, 4) is 0 Å². The predicted molar refractivity (Wildman–Crippen MR) is 90.3 cm³/mol. The highest BCUT2D eigenvalue weighted by atomic mass is 32.2. The number of nitrogens with one attached hydrogen (secondary N) is 1. The second-order valence-electron chi connectivity index (χ2n) is 6.33. The number of benzene rings is 1. The molecule has 1 N–H and O–H groups in total. The topological polar surface area (TPSA) is 12.0 Å². The average Bonchev–Trinajstić information content (AvgIpc) is 2.45. The smallest absolute Gasteiger partial charge is 0.0205 e. The molecule has 1 aromatic carbocycles. The lowest BCUT2D eigenvalue weighted by molar-refractivity contribution is 0.283. The van der Waals surface area contributed by atoms with Crippen LogP contribution in [0, 0.1) is 11.8 Å². The monoisotopic (exact) mass is 291 g/mol. The third-order valence-electron chi connectivity index (χ3n) is 4.53. The number of hydrogen-bond acceptors (Lipinski definition) is 2. The summed E-state index contributed by atoms with van der Waals surface area (Å²) in [5.41, 5.74) is 1.40. The van der Waals surface area contributed by atoms with Gasteiger partial charge in [-0.1, -0.05) is 32.9 Å². The zero-order valence-electron chi connectivity index (χ0n) is 13.2. The fourth-order valence-corrected chi connectivity index (χ4v) is 4.22. The summed E-state index contributed by atoms with van der Waals surface area (Å²) >= 11 is 2.09. The van der Waals surface area contributed by atoms with Gasteiger partial charge >= 0.3 is 0 Å². The Bertz CT molecular complexity index is 387. The molecule has 1 fully saturated rings. The maximum absolute atomic E-state index is 3.46. The van der Waals surface area contributed by atoms with E-state index in [1.807, 2.05) is 0 Å². The minimum Gasteiger partial charge on any atom is -0.313 e. The molecule has 0 radical (unpaired) electrons. The van der Waals surface area contributed by atoms with Gasteiger partial charge in [0.15, 0.2) is 0 Å². The Labute approximate surface area is 128 Å². The Morgan fingerprint density at radius 3 is 2.50 bits per heavy atom. The molecule has 1 aliphatic carbocycles. The fraction of sp³-hybridized carbons (Fsp3) is 0.667. The van der Waals surface area contributed by atoms with Crippen molar-refractivity contribution in [2.75, 3.05) is 6.54 Å². The Morgan fingerprint density at radius 1 is 1.10 bits per heavy atom. The first kappa shape index (κ1) is 15.9. The molecule has 0 amide bonds. The molecule has 1 nitrogen and oxygen atoms in total. The molecular weight excluding hydrogens is 262 g/mol. The highest BCUT2D eigenvalue weighted by Crippen LogP contribution is 2.38. The van der Waals surface area contributed by atoms with E-state index in [0.717, 1.165) is 30.2 Å². The van der Waals surface area contributed by atoms with Gasteiger partial charge in [0.1, 0.15) is 0 Å². The lowest BCUT2D eigenvalue weighted by Crippen LogP contribution is -2.22. The van der Waals surface area contributed by atoms with Gasteiger partial charge in [0.25, 0.3) is 0 Å². The van der Waals surface area contributed by atoms with E-state index in [1.54, 1.807) is 0 Å². The molecule has 1 saturated carbocycles. The third-order valence-corrected chi connectivity index (χ3v) is 5.84. The highest BCUT2D eigenvalue weighted by molar-refractivity contribution is 8.00. The first-order valence-electron chi connectivity index (χ1n) is 8.15. The maximum Gasteiger partial charge on any atom is 0.0205 e. The minimum atomic E-state index is 0.824. The zero-order valence-corrected chi connectivity index (χ0v) is 14.0. The van der Waals surface area contributed by atoms with E-state index in [4.69, 9.17) is 0 Å². The molecule has 0 spiro atoms. The van der Waals surface area contributed by atoms with Crippen LogP contribution in [-0.2, 0) is 6.54 Å². The van der Waals surface area contributed by atoms with E-state index in [9.17, 15) is 0 Å². The van der Waals surface area contributed by atoms with Gasteiger partial charge in [-0.25, -0.2) is 0 Å². The molecule has 20 heavy (non-hydrogen) atoms. The van der Waals surface area contributed by atoms with Crippen LogP contribution >= 0.6 is 11.8 Å². The Kier molecular flexibility index (Phi) is 6.44. The van der Waals surface area contributed by atoms with Crippen LogP contribution in [0.25, 0.3) is 0 Å². The van der Waals surface area contributed by atoms with E-state index in [0.29, 0.717) is 0 Å². The van der Waals surface area contributed by atoms with Crippen molar-refractivity contribution in [2.24, 2.45) is 11.8 Å². The molecule has 0 aromatic heterocycles. The van der Waals surface area contributed by atoms with Crippen LogP contribution in [-0.4, -0.2) is 11.8 Å². The lowest BCUT2D eigenvalue weighted by Gasteiger charge is -2.31. The predicted octanol–water partition coefficient (Wildman–Crippen LogP) is 5.10. The second kappa shape index (κ2) is 8.09. The molecule has 112 valence electrons. The van der Waals surface area contributed by atoms with Crippen LogP contribution < -0.4 is 5.32 Å². The van der Waals surface area contributed by atoms with Crippen LogP contribution in [0.4, 0.5) is 0 Å². The van der Waals surface area contributed by atoms with Crippen LogP contribution in [0.5, 0.6) is 0 Å². The van der Waals surface area contributed by atoms with Crippen molar-refractivity contribution >= 4 is 11.8 Å². The first-order chi connectivity index (χ1) is 9.69. The molecule has 1 aromatic rings. The summed E-state index contributed by atoms with van der Waals surface area (Å²) in [5.74, 6) is 1.80. The number of thioether (sulfide) groups is 1. The van der Waals surface area contributed by atoms with Crippen molar-refractivity contribution in [3.05, 3.63) is 29.8 Å². The van der Waals surface area contributed by atoms with Gasteiger partial charge in [0.2, 0.25) is 0 Å². The summed E-state index contributed by atoms with van der Waals surface area (Å²) in [6.45, 7) is 9.13. The van der Waals surface area contributed by atoms with Gasteiger partial charge in [0, 0.05) is 16.7 Å². The van der Waals surface area contributed by atoms with Gasteiger partial charge < -0.3 is 5.32 Å².